The fraction of sp³-hybridized carbons (Fsp3) is 0.909. The first-order valence-corrected chi connectivity index (χ1v) is 7.09. The van der Waals surface area contributed by atoms with Crippen LogP contribution in [0.2, 0.25) is 0 Å². The summed E-state index contributed by atoms with van der Waals surface area (Å²) in [6, 6.07) is 0.594. The lowest BCUT2D eigenvalue weighted by Crippen LogP contribution is -2.48. The number of nitrogens with zero attached hydrogens (tertiary/aromatic N) is 2. The number of hydrogen-bond acceptors (Lipinski definition) is 3. The standard InChI is InChI=1S/C11H22N4S/c1-15(2)11(5-6-16-8-11)7-13-10(12)14-9-3-4-9/h9H,3-8H2,1-2H3,(H3,12,13,14). The number of likely N-dealkylation sites (N-methyl/N-ethyl adjacent to an activating group) is 1. The van der Waals surface area contributed by atoms with Gasteiger partial charge in [-0.05, 0) is 39.1 Å². The maximum atomic E-state index is 5.87. The van der Waals surface area contributed by atoms with Crippen LogP contribution in [-0.2, 0) is 0 Å². The predicted octanol–water partition coefficient (Wildman–Crippen LogP) is 0.490. The summed E-state index contributed by atoms with van der Waals surface area (Å²) in [5.41, 5.74) is 6.09. The van der Waals surface area contributed by atoms with Crippen LogP contribution in [0.5, 0.6) is 0 Å². The Hall–Kier alpha value is -0.420. The van der Waals surface area contributed by atoms with E-state index >= 15 is 0 Å². The molecule has 0 aromatic carbocycles. The highest BCUT2D eigenvalue weighted by Crippen LogP contribution is 2.32. The van der Waals surface area contributed by atoms with Crippen molar-refractivity contribution in [2.45, 2.75) is 30.8 Å². The van der Waals surface area contributed by atoms with E-state index in [2.05, 4.69) is 29.3 Å². The molecule has 0 aromatic heterocycles. The zero-order valence-corrected chi connectivity index (χ0v) is 11.0. The minimum Gasteiger partial charge on any atom is -0.370 e. The molecular formula is C11H22N4S. The van der Waals surface area contributed by atoms with E-state index in [0.717, 1.165) is 6.54 Å². The van der Waals surface area contributed by atoms with Crippen LogP contribution in [-0.4, -0.2) is 54.6 Å². The molecule has 1 atom stereocenters. The summed E-state index contributed by atoms with van der Waals surface area (Å²) in [5, 5.41) is 3.24. The van der Waals surface area contributed by atoms with Gasteiger partial charge in [0.15, 0.2) is 5.96 Å². The van der Waals surface area contributed by atoms with Crippen molar-refractivity contribution in [2.24, 2.45) is 10.7 Å². The lowest BCUT2D eigenvalue weighted by atomic mass is 9.98. The molecule has 4 nitrogen and oxygen atoms in total. The van der Waals surface area contributed by atoms with Crippen LogP contribution in [0.15, 0.2) is 4.99 Å². The van der Waals surface area contributed by atoms with Gasteiger partial charge in [-0.3, -0.25) is 4.99 Å². The van der Waals surface area contributed by atoms with Crippen LogP contribution in [0.25, 0.3) is 0 Å². The van der Waals surface area contributed by atoms with E-state index in [-0.39, 0.29) is 5.54 Å². The molecule has 1 saturated carbocycles. The van der Waals surface area contributed by atoms with Crippen molar-refractivity contribution in [3.05, 3.63) is 0 Å². The average molecular weight is 242 g/mol. The molecule has 1 aliphatic carbocycles. The molecule has 1 heterocycles. The van der Waals surface area contributed by atoms with Gasteiger partial charge in [0, 0.05) is 17.3 Å². The van der Waals surface area contributed by atoms with Crippen LogP contribution in [0.3, 0.4) is 0 Å². The van der Waals surface area contributed by atoms with Crippen molar-refractivity contribution in [2.75, 3.05) is 32.1 Å². The summed E-state index contributed by atoms with van der Waals surface area (Å²) >= 11 is 2.02. The van der Waals surface area contributed by atoms with E-state index < -0.39 is 0 Å². The van der Waals surface area contributed by atoms with Gasteiger partial charge in [0.1, 0.15) is 0 Å². The van der Waals surface area contributed by atoms with Crippen molar-refractivity contribution < 1.29 is 0 Å². The van der Waals surface area contributed by atoms with Gasteiger partial charge in [-0.25, -0.2) is 0 Å². The summed E-state index contributed by atoms with van der Waals surface area (Å²) < 4.78 is 0. The normalized spacial score (nSPS) is 31.1. The number of guanidine groups is 1. The summed E-state index contributed by atoms with van der Waals surface area (Å²) in [5.74, 6) is 3.03. The summed E-state index contributed by atoms with van der Waals surface area (Å²) in [6.07, 6.45) is 3.70. The number of rotatable bonds is 4. The number of hydrogen-bond donors (Lipinski definition) is 2. The van der Waals surface area contributed by atoms with E-state index in [4.69, 9.17) is 5.73 Å². The second-order valence-electron chi connectivity index (χ2n) is 5.04. The molecule has 92 valence electrons. The smallest absolute Gasteiger partial charge is 0.188 e. The van der Waals surface area contributed by atoms with Gasteiger partial charge < -0.3 is 16.0 Å². The molecule has 3 N–H and O–H groups in total. The highest BCUT2D eigenvalue weighted by atomic mass is 32.2. The van der Waals surface area contributed by atoms with Crippen molar-refractivity contribution in [1.29, 1.82) is 0 Å². The molecule has 2 fully saturated rings. The Labute approximate surface area is 102 Å². The fourth-order valence-corrected chi connectivity index (χ4v) is 3.47. The number of nitrogens with one attached hydrogen (secondary N) is 1. The summed E-state index contributed by atoms with van der Waals surface area (Å²) in [6.45, 7) is 0.818. The van der Waals surface area contributed by atoms with Crippen molar-refractivity contribution in [1.82, 2.24) is 10.2 Å². The summed E-state index contributed by atoms with van der Waals surface area (Å²) in [4.78, 5) is 6.81. The lowest BCUT2D eigenvalue weighted by Gasteiger charge is -2.34. The minimum absolute atomic E-state index is 0.223. The van der Waals surface area contributed by atoms with Crippen LogP contribution in [0.4, 0.5) is 0 Å². The topological polar surface area (TPSA) is 53.6 Å². The molecule has 1 saturated heterocycles. The Morgan fingerprint density at radius 3 is 2.81 bits per heavy atom. The molecule has 0 bridgehead atoms. The average Bonchev–Trinajstić information content (AvgIpc) is 2.92. The lowest BCUT2D eigenvalue weighted by molar-refractivity contribution is 0.190. The Balaban J connectivity index is 1.89. The Bertz CT molecular complexity index is 267. The van der Waals surface area contributed by atoms with Crippen molar-refractivity contribution in [3.63, 3.8) is 0 Å². The molecular weight excluding hydrogens is 220 g/mol. The first-order chi connectivity index (χ1) is 7.62. The molecule has 0 radical (unpaired) electrons. The zero-order chi connectivity index (χ0) is 11.6. The van der Waals surface area contributed by atoms with Gasteiger partial charge in [0.2, 0.25) is 0 Å². The fourth-order valence-electron chi connectivity index (χ4n) is 1.93. The largest absolute Gasteiger partial charge is 0.370 e. The Morgan fingerprint density at radius 1 is 1.56 bits per heavy atom. The van der Waals surface area contributed by atoms with E-state index in [1.807, 2.05) is 11.8 Å². The summed E-state index contributed by atoms with van der Waals surface area (Å²) in [7, 11) is 4.29. The quantitative estimate of drug-likeness (QED) is 0.556. The van der Waals surface area contributed by atoms with Crippen molar-refractivity contribution in [3.8, 4) is 0 Å². The third-order valence-electron chi connectivity index (χ3n) is 3.50. The zero-order valence-electron chi connectivity index (χ0n) is 10.2. The maximum absolute atomic E-state index is 5.87. The first kappa shape index (κ1) is 12.0. The molecule has 1 aliphatic heterocycles. The van der Waals surface area contributed by atoms with Gasteiger partial charge in [-0.1, -0.05) is 0 Å². The third kappa shape index (κ3) is 2.83. The number of aliphatic imine (C=N–C) groups is 1. The molecule has 16 heavy (non-hydrogen) atoms. The van der Waals surface area contributed by atoms with Crippen LogP contribution < -0.4 is 11.1 Å². The third-order valence-corrected chi connectivity index (χ3v) is 4.74. The second-order valence-corrected chi connectivity index (χ2v) is 6.15. The van der Waals surface area contributed by atoms with Gasteiger partial charge in [-0.15, -0.1) is 0 Å². The SMILES string of the molecule is CN(C)C1(CN=C(N)NC2CC2)CCSC1. The Morgan fingerprint density at radius 2 is 2.31 bits per heavy atom. The highest BCUT2D eigenvalue weighted by Gasteiger charge is 2.36. The van der Waals surface area contributed by atoms with Crippen molar-refractivity contribution >= 4 is 17.7 Å². The molecule has 2 rings (SSSR count). The van der Waals surface area contributed by atoms with Crippen LogP contribution >= 0.6 is 11.8 Å². The number of thioether (sulfide) groups is 1. The monoisotopic (exact) mass is 242 g/mol. The minimum atomic E-state index is 0.223. The number of nitrogens with two attached hydrogens (primary N) is 1. The van der Waals surface area contributed by atoms with Gasteiger partial charge in [0.25, 0.3) is 0 Å². The highest BCUT2D eigenvalue weighted by molar-refractivity contribution is 7.99. The van der Waals surface area contributed by atoms with E-state index in [9.17, 15) is 0 Å². The van der Waals surface area contributed by atoms with Gasteiger partial charge >= 0.3 is 0 Å². The molecule has 2 aliphatic rings. The molecule has 0 aromatic rings. The van der Waals surface area contributed by atoms with Gasteiger partial charge in [0.05, 0.1) is 6.54 Å². The molecule has 0 amide bonds. The van der Waals surface area contributed by atoms with Gasteiger partial charge in [-0.2, -0.15) is 11.8 Å². The van der Waals surface area contributed by atoms with Crippen LogP contribution in [0, 0.1) is 0 Å². The van der Waals surface area contributed by atoms with E-state index in [0.29, 0.717) is 12.0 Å². The predicted molar refractivity (Wildman–Crippen MR) is 71.0 cm³/mol. The van der Waals surface area contributed by atoms with Crippen LogP contribution in [0.1, 0.15) is 19.3 Å². The Kier molecular flexibility index (Phi) is 3.64. The molecule has 1 unspecified atom stereocenters. The maximum Gasteiger partial charge on any atom is 0.188 e. The van der Waals surface area contributed by atoms with E-state index in [1.165, 1.54) is 30.8 Å². The molecule has 5 heteroatoms. The van der Waals surface area contributed by atoms with E-state index in [1.54, 1.807) is 0 Å². The first-order valence-electron chi connectivity index (χ1n) is 5.94. The molecule has 0 spiro atoms. The second kappa shape index (κ2) is 4.84.